The fraction of sp³-hybridized carbons (Fsp3) is 0.323. The lowest BCUT2D eigenvalue weighted by Crippen LogP contribution is -2.26. The van der Waals surface area contributed by atoms with Gasteiger partial charge in [-0.05, 0) is 69.8 Å². The van der Waals surface area contributed by atoms with Gasteiger partial charge in [-0.2, -0.15) is 0 Å². The molecule has 6 nitrogen and oxygen atoms in total. The highest BCUT2D eigenvalue weighted by Crippen LogP contribution is 2.41. The molecular formula is C31H34N6. The molecule has 0 unspecified atom stereocenters. The average Bonchev–Trinajstić information content (AvgIpc) is 3.30. The predicted molar refractivity (Wildman–Crippen MR) is 152 cm³/mol. The van der Waals surface area contributed by atoms with Gasteiger partial charge in [-0.1, -0.05) is 48.5 Å². The molecule has 3 aromatic heterocycles. The first-order valence-electron chi connectivity index (χ1n) is 13.2. The minimum atomic E-state index is 0.424. The van der Waals surface area contributed by atoms with Gasteiger partial charge in [-0.25, -0.2) is 15.0 Å². The van der Waals surface area contributed by atoms with Gasteiger partial charge in [0, 0.05) is 35.3 Å². The molecule has 1 aliphatic rings. The van der Waals surface area contributed by atoms with Gasteiger partial charge in [0.2, 0.25) is 0 Å². The molecule has 0 atom stereocenters. The van der Waals surface area contributed by atoms with Gasteiger partial charge in [0.15, 0.2) is 0 Å². The highest BCUT2D eigenvalue weighted by atomic mass is 15.1. The summed E-state index contributed by atoms with van der Waals surface area (Å²) in [6, 6.07) is 19.4. The normalized spacial score (nSPS) is 18.2. The van der Waals surface area contributed by atoms with Crippen LogP contribution in [0.1, 0.15) is 37.3 Å². The van der Waals surface area contributed by atoms with Crippen LogP contribution in [-0.4, -0.2) is 45.1 Å². The van der Waals surface area contributed by atoms with Crippen molar-refractivity contribution in [3.8, 4) is 22.4 Å². The molecule has 1 fully saturated rings. The molecule has 2 N–H and O–H groups in total. The van der Waals surface area contributed by atoms with Crippen molar-refractivity contribution in [2.45, 2.75) is 38.6 Å². The Morgan fingerprint density at radius 3 is 2.43 bits per heavy atom. The molecule has 6 heteroatoms. The Morgan fingerprint density at radius 2 is 1.68 bits per heavy atom. The highest BCUT2D eigenvalue weighted by molar-refractivity contribution is 6.03. The second-order valence-electron chi connectivity index (χ2n) is 10.7. The summed E-state index contributed by atoms with van der Waals surface area (Å²) >= 11 is 0. The molecule has 3 heterocycles. The van der Waals surface area contributed by atoms with Crippen LogP contribution in [0, 0.1) is 12.8 Å². The second kappa shape index (κ2) is 9.60. The molecule has 0 bridgehead atoms. The lowest BCUT2D eigenvalue weighted by Gasteiger charge is -2.31. The molecular weight excluding hydrogens is 456 g/mol. The van der Waals surface area contributed by atoms with Gasteiger partial charge in [0.1, 0.15) is 17.8 Å². The fourth-order valence-electron chi connectivity index (χ4n) is 6.10. The third-order valence-corrected chi connectivity index (χ3v) is 7.95. The van der Waals surface area contributed by atoms with E-state index in [1.54, 1.807) is 6.33 Å². The van der Waals surface area contributed by atoms with Crippen molar-refractivity contribution < 1.29 is 0 Å². The number of nitrogens with two attached hydrogens (primary N) is 1. The van der Waals surface area contributed by atoms with E-state index in [4.69, 9.17) is 15.7 Å². The monoisotopic (exact) mass is 490 g/mol. The molecule has 2 aromatic carbocycles. The van der Waals surface area contributed by atoms with Crippen molar-refractivity contribution in [3.63, 3.8) is 0 Å². The fourth-order valence-corrected chi connectivity index (χ4v) is 6.10. The summed E-state index contributed by atoms with van der Waals surface area (Å²) in [5, 5.41) is 2.08. The Hall–Kier alpha value is -3.77. The summed E-state index contributed by atoms with van der Waals surface area (Å²) in [5.41, 5.74) is 13.9. The number of nitrogens with zero attached hydrogens (tertiary/aromatic N) is 5. The van der Waals surface area contributed by atoms with Crippen LogP contribution < -0.4 is 5.73 Å². The number of benzene rings is 2. The number of hydrogen-bond donors (Lipinski definition) is 1. The molecule has 1 saturated carbocycles. The smallest absolute Gasteiger partial charge is 0.146 e. The van der Waals surface area contributed by atoms with Crippen molar-refractivity contribution in [2.24, 2.45) is 5.92 Å². The number of pyridine rings is 1. The van der Waals surface area contributed by atoms with Gasteiger partial charge in [-0.15, -0.1) is 0 Å². The van der Waals surface area contributed by atoms with E-state index in [-0.39, 0.29) is 0 Å². The van der Waals surface area contributed by atoms with Crippen LogP contribution in [-0.2, 0) is 0 Å². The largest absolute Gasteiger partial charge is 0.383 e. The highest BCUT2D eigenvalue weighted by Gasteiger charge is 2.26. The van der Waals surface area contributed by atoms with Crippen LogP contribution in [0.3, 0.4) is 0 Å². The topological polar surface area (TPSA) is 72.9 Å². The molecule has 0 aliphatic heterocycles. The van der Waals surface area contributed by atoms with E-state index in [0.29, 0.717) is 11.9 Å². The zero-order valence-corrected chi connectivity index (χ0v) is 21.9. The Bertz CT molecular complexity index is 1560. The molecule has 0 saturated heterocycles. The van der Waals surface area contributed by atoms with Gasteiger partial charge in [0.25, 0.3) is 0 Å². The number of fused-ring (bicyclic) bond motifs is 2. The lowest BCUT2D eigenvalue weighted by atomic mass is 9.85. The number of aryl methyl sites for hydroxylation is 1. The number of rotatable bonds is 5. The van der Waals surface area contributed by atoms with Crippen molar-refractivity contribution in [1.29, 1.82) is 0 Å². The van der Waals surface area contributed by atoms with E-state index < -0.39 is 0 Å². The summed E-state index contributed by atoms with van der Waals surface area (Å²) in [6.07, 6.45) is 8.65. The maximum atomic E-state index is 6.49. The number of hydrogen-bond acceptors (Lipinski definition) is 5. The SMILES string of the molecule is Cc1c(-c2cn(C3CCC(CN(C)C)CC3)c3ncnc(N)c23)ccc2ccc(-c3ccccc3)nc12. The van der Waals surface area contributed by atoms with Gasteiger partial charge < -0.3 is 15.2 Å². The van der Waals surface area contributed by atoms with E-state index in [2.05, 4.69) is 90.2 Å². The Kier molecular flexibility index (Phi) is 6.13. The molecule has 6 rings (SSSR count). The van der Waals surface area contributed by atoms with Gasteiger partial charge in [-0.3, -0.25) is 0 Å². The molecule has 5 aromatic rings. The maximum absolute atomic E-state index is 6.49. The predicted octanol–water partition coefficient (Wildman–Crippen LogP) is 6.50. The average molecular weight is 491 g/mol. The third kappa shape index (κ3) is 4.36. The summed E-state index contributed by atoms with van der Waals surface area (Å²) < 4.78 is 2.37. The minimum Gasteiger partial charge on any atom is -0.383 e. The van der Waals surface area contributed by atoms with Crippen molar-refractivity contribution in [1.82, 2.24) is 24.4 Å². The van der Waals surface area contributed by atoms with E-state index in [1.807, 2.05) is 6.07 Å². The van der Waals surface area contributed by atoms with Crippen LogP contribution in [0.15, 0.2) is 67.1 Å². The Balaban J connectivity index is 1.44. The van der Waals surface area contributed by atoms with Crippen LogP contribution >= 0.6 is 0 Å². The number of aromatic nitrogens is 4. The van der Waals surface area contributed by atoms with Gasteiger partial charge >= 0.3 is 0 Å². The molecule has 37 heavy (non-hydrogen) atoms. The standard InChI is InChI=1S/C31H34N6/c1-20-25(15-11-23-12-16-27(35-29(20)23)22-7-5-4-6-8-22)26-18-37(31-28(26)30(32)33-19-34-31)24-13-9-21(10-14-24)17-36(2)3/h4-8,11-12,15-16,18-19,21,24H,9-10,13-14,17H2,1-3H3,(H2,32,33,34). The summed E-state index contributed by atoms with van der Waals surface area (Å²) in [4.78, 5) is 16.5. The zero-order valence-electron chi connectivity index (χ0n) is 21.9. The van der Waals surface area contributed by atoms with Crippen molar-refractivity contribution >= 4 is 27.8 Å². The van der Waals surface area contributed by atoms with Crippen LogP contribution in [0.25, 0.3) is 44.3 Å². The van der Waals surface area contributed by atoms with Crippen molar-refractivity contribution in [3.05, 3.63) is 72.7 Å². The first-order chi connectivity index (χ1) is 18.0. The van der Waals surface area contributed by atoms with Crippen LogP contribution in [0.2, 0.25) is 0 Å². The van der Waals surface area contributed by atoms with Crippen molar-refractivity contribution in [2.75, 3.05) is 26.4 Å². The zero-order chi connectivity index (χ0) is 25.5. The van der Waals surface area contributed by atoms with E-state index in [1.165, 1.54) is 12.8 Å². The van der Waals surface area contributed by atoms with E-state index in [9.17, 15) is 0 Å². The summed E-state index contributed by atoms with van der Waals surface area (Å²) in [7, 11) is 4.34. The summed E-state index contributed by atoms with van der Waals surface area (Å²) in [5.74, 6) is 1.30. The third-order valence-electron chi connectivity index (χ3n) is 7.95. The first-order valence-corrected chi connectivity index (χ1v) is 13.2. The first kappa shape index (κ1) is 23.6. The molecule has 0 amide bonds. The Labute approximate surface area is 218 Å². The van der Waals surface area contributed by atoms with Crippen LogP contribution in [0.5, 0.6) is 0 Å². The van der Waals surface area contributed by atoms with Gasteiger partial charge in [0.05, 0.1) is 16.6 Å². The summed E-state index contributed by atoms with van der Waals surface area (Å²) in [6.45, 7) is 3.32. The minimum absolute atomic E-state index is 0.424. The molecule has 188 valence electrons. The number of anilines is 1. The van der Waals surface area contributed by atoms with E-state index >= 15 is 0 Å². The Morgan fingerprint density at radius 1 is 0.919 bits per heavy atom. The molecule has 1 aliphatic carbocycles. The maximum Gasteiger partial charge on any atom is 0.146 e. The number of nitrogen functional groups attached to an aromatic ring is 1. The second-order valence-corrected chi connectivity index (χ2v) is 10.7. The van der Waals surface area contributed by atoms with E-state index in [0.717, 1.165) is 75.2 Å². The lowest BCUT2D eigenvalue weighted by molar-refractivity contribution is 0.226. The van der Waals surface area contributed by atoms with Crippen LogP contribution in [0.4, 0.5) is 5.82 Å². The molecule has 0 radical (unpaired) electrons. The quantitative estimate of drug-likeness (QED) is 0.305. The molecule has 0 spiro atoms.